The van der Waals surface area contributed by atoms with E-state index in [1.807, 2.05) is 12.3 Å². The predicted octanol–water partition coefficient (Wildman–Crippen LogP) is 2.52. The van der Waals surface area contributed by atoms with Gasteiger partial charge in [-0.3, -0.25) is 4.79 Å². The maximum absolute atomic E-state index is 12.0. The van der Waals surface area contributed by atoms with Gasteiger partial charge in [0.05, 0.1) is 22.8 Å². The van der Waals surface area contributed by atoms with Crippen molar-refractivity contribution in [1.29, 1.82) is 0 Å². The van der Waals surface area contributed by atoms with Crippen molar-refractivity contribution >= 4 is 23.3 Å². The van der Waals surface area contributed by atoms with Crippen molar-refractivity contribution in [1.82, 2.24) is 10.3 Å². The first kappa shape index (κ1) is 15.2. The van der Waals surface area contributed by atoms with Gasteiger partial charge in [0.15, 0.2) is 0 Å². The number of thiazole rings is 1. The molecule has 110 valence electrons. The lowest BCUT2D eigenvalue weighted by Gasteiger charge is -2.38. The van der Waals surface area contributed by atoms with Crippen molar-refractivity contribution in [3.8, 4) is 0 Å². The van der Waals surface area contributed by atoms with Crippen LogP contribution in [0.4, 0.5) is 0 Å². The van der Waals surface area contributed by atoms with Crippen LogP contribution in [0.3, 0.4) is 0 Å². The second-order valence-corrected chi connectivity index (χ2v) is 6.80. The number of nitrogens with zero attached hydrogens (tertiary/aromatic N) is 1. The molecule has 0 atom stereocenters. The van der Waals surface area contributed by atoms with E-state index >= 15 is 0 Å². The van der Waals surface area contributed by atoms with Gasteiger partial charge in [-0.25, -0.2) is 4.98 Å². The quantitative estimate of drug-likeness (QED) is 0.839. The minimum absolute atomic E-state index is 0.00904. The van der Waals surface area contributed by atoms with E-state index in [-0.39, 0.29) is 12.5 Å². The fraction of sp³-hybridized carbons (Fsp3) is 0.600. The first-order chi connectivity index (χ1) is 9.53. The third kappa shape index (κ3) is 3.90. The van der Waals surface area contributed by atoms with E-state index in [2.05, 4.69) is 17.2 Å². The van der Waals surface area contributed by atoms with Crippen LogP contribution in [0.2, 0.25) is 0 Å². The Balaban J connectivity index is 1.94. The Hall–Kier alpha value is -1.20. The number of aliphatic hydroxyl groups excluding tert-OH is 1. The summed E-state index contributed by atoms with van der Waals surface area (Å²) in [6.07, 6.45) is 7.02. The maximum atomic E-state index is 12.0. The minimum Gasteiger partial charge on any atom is -0.394 e. The van der Waals surface area contributed by atoms with Crippen molar-refractivity contribution < 1.29 is 9.90 Å². The number of aryl methyl sites for hydroxylation is 1. The second-order valence-electron chi connectivity index (χ2n) is 5.73. The third-order valence-corrected chi connectivity index (χ3v) is 4.76. The van der Waals surface area contributed by atoms with Gasteiger partial charge in [-0.05, 0) is 44.6 Å². The molecule has 1 fully saturated rings. The molecule has 2 N–H and O–H groups in total. The highest BCUT2D eigenvalue weighted by Gasteiger charge is 2.34. The molecule has 0 unspecified atom stereocenters. The van der Waals surface area contributed by atoms with Gasteiger partial charge in [-0.15, -0.1) is 11.3 Å². The van der Waals surface area contributed by atoms with Crippen molar-refractivity contribution in [2.75, 3.05) is 6.61 Å². The molecule has 2 rings (SSSR count). The van der Waals surface area contributed by atoms with E-state index in [0.29, 0.717) is 5.92 Å². The van der Waals surface area contributed by atoms with Gasteiger partial charge in [-0.1, -0.05) is 6.92 Å². The van der Waals surface area contributed by atoms with Crippen LogP contribution in [0, 0.1) is 12.8 Å². The molecule has 1 aliphatic carbocycles. The summed E-state index contributed by atoms with van der Waals surface area (Å²) in [5.41, 5.74) is 0.365. The highest BCUT2D eigenvalue weighted by Crippen LogP contribution is 2.31. The monoisotopic (exact) mass is 294 g/mol. The van der Waals surface area contributed by atoms with E-state index in [1.54, 1.807) is 17.4 Å². The number of hydrogen-bond acceptors (Lipinski definition) is 4. The first-order valence-electron chi connectivity index (χ1n) is 7.06. The number of hydrogen-bond donors (Lipinski definition) is 2. The van der Waals surface area contributed by atoms with Gasteiger partial charge < -0.3 is 10.4 Å². The standard InChI is InChI=1S/C15H22N2O2S/c1-11-5-7-15(10-18,8-6-11)17-14(19)4-3-13-9-20-12(2)16-13/h3-4,9,11,18H,5-8,10H2,1-2H3,(H,17,19). The molecule has 0 aromatic carbocycles. The smallest absolute Gasteiger partial charge is 0.244 e. The lowest BCUT2D eigenvalue weighted by molar-refractivity contribution is -0.119. The molecule has 20 heavy (non-hydrogen) atoms. The van der Waals surface area contributed by atoms with Gasteiger partial charge >= 0.3 is 0 Å². The average molecular weight is 294 g/mol. The van der Waals surface area contributed by atoms with Crippen LogP contribution in [-0.2, 0) is 4.79 Å². The summed E-state index contributed by atoms with van der Waals surface area (Å²) in [5.74, 6) is 0.527. The lowest BCUT2D eigenvalue weighted by atomic mass is 9.77. The summed E-state index contributed by atoms with van der Waals surface area (Å²) in [6.45, 7) is 4.16. The minimum atomic E-state index is -0.439. The van der Waals surface area contributed by atoms with Crippen LogP contribution in [0.5, 0.6) is 0 Å². The fourth-order valence-corrected chi connectivity index (χ4v) is 3.14. The van der Waals surface area contributed by atoms with Crippen LogP contribution in [0.15, 0.2) is 11.5 Å². The molecule has 1 aliphatic rings. The van der Waals surface area contributed by atoms with Crippen molar-refractivity contribution in [3.05, 3.63) is 22.2 Å². The van der Waals surface area contributed by atoms with E-state index in [0.717, 1.165) is 36.4 Å². The zero-order valence-corrected chi connectivity index (χ0v) is 12.9. The summed E-state index contributed by atoms with van der Waals surface area (Å²) in [4.78, 5) is 16.3. The summed E-state index contributed by atoms with van der Waals surface area (Å²) < 4.78 is 0. The summed E-state index contributed by atoms with van der Waals surface area (Å²) in [5, 5.41) is 15.5. The number of aromatic nitrogens is 1. The highest BCUT2D eigenvalue weighted by atomic mass is 32.1. The molecule has 1 aromatic heterocycles. The Morgan fingerprint density at radius 2 is 2.30 bits per heavy atom. The number of amides is 1. The summed E-state index contributed by atoms with van der Waals surface area (Å²) >= 11 is 1.56. The molecular formula is C15H22N2O2S. The molecule has 0 aliphatic heterocycles. The Bertz CT molecular complexity index is 488. The topological polar surface area (TPSA) is 62.2 Å². The van der Waals surface area contributed by atoms with Crippen molar-refractivity contribution in [2.24, 2.45) is 5.92 Å². The van der Waals surface area contributed by atoms with E-state index in [1.165, 1.54) is 6.08 Å². The predicted molar refractivity (Wildman–Crippen MR) is 81.5 cm³/mol. The molecule has 1 saturated carbocycles. The zero-order valence-electron chi connectivity index (χ0n) is 12.1. The second kappa shape index (κ2) is 6.50. The highest BCUT2D eigenvalue weighted by molar-refractivity contribution is 7.09. The van der Waals surface area contributed by atoms with Crippen LogP contribution in [0.1, 0.15) is 43.3 Å². The zero-order chi connectivity index (χ0) is 14.6. The molecular weight excluding hydrogens is 272 g/mol. The van der Waals surface area contributed by atoms with Crippen LogP contribution in [0.25, 0.3) is 6.08 Å². The third-order valence-electron chi connectivity index (χ3n) is 3.96. The van der Waals surface area contributed by atoms with Crippen LogP contribution >= 0.6 is 11.3 Å². The van der Waals surface area contributed by atoms with E-state index in [9.17, 15) is 9.90 Å². The summed E-state index contributed by atoms with van der Waals surface area (Å²) in [7, 11) is 0. The lowest BCUT2D eigenvalue weighted by Crippen LogP contribution is -2.52. The number of rotatable bonds is 4. The SMILES string of the molecule is Cc1nc(C=CC(=O)NC2(CO)CCC(C)CC2)cs1. The average Bonchev–Trinajstić information content (AvgIpc) is 2.85. The Kier molecular flexibility index (Phi) is 4.94. The molecule has 1 aromatic rings. The largest absolute Gasteiger partial charge is 0.394 e. The Labute approximate surface area is 123 Å². The Morgan fingerprint density at radius 1 is 1.60 bits per heavy atom. The van der Waals surface area contributed by atoms with Crippen LogP contribution < -0.4 is 5.32 Å². The molecule has 0 bridgehead atoms. The number of carbonyl (C=O) groups excluding carboxylic acids is 1. The summed E-state index contributed by atoms with van der Waals surface area (Å²) in [6, 6.07) is 0. The van der Waals surface area contributed by atoms with Gasteiger partial charge in [-0.2, -0.15) is 0 Å². The first-order valence-corrected chi connectivity index (χ1v) is 7.94. The molecule has 0 saturated heterocycles. The molecule has 0 spiro atoms. The van der Waals surface area contributed by atoms with Gasteiger partial charge in [0.25, 0.3) is 0 Å². The number of aliphatic hydroxyl groups is 1. The molecule has 1 amide bonds. The fourth-order valence-electron chi connectivity index (χ4n) is 2.56. The Morgan fingerprint density at radius 3 is 2.85 bits per heavy atom. The molecule has 0 radical (unpaired) electrons. The molecule has 5 heteroatoms. The van der Waals surface area contributed by atoms with Gasteiger partial charge in [0, 0.05) is 11.5 Å². The van der Waals surface area contributed by atoms with Gasteiger partial charge in [0.2, 0.25) is 5.91 Å². The normalized spacial score (nSPS) is 26.9. The van der Waals surface area contributed by atoms with E-state index in [4.69, 9.17) is 0 Å². The number of nitrogens with one attached hydrogen (secondary N) is 1. The van der Waals surface area contributed by atoms with Gasteiger partial charge in [0.1, 0.15) is 0 Å². The van der Waals surface area contributed by atoms with Crippen molar-refractivity contribution in [3.63, 3.8) is 0 Å². The van der Waals surface area contributed by atoms with Crippen LogP contribution in [-0.4, -0.2) is 28.1 Å². The van der Waals surface area contributed by atoms with Crippen molar-refractivity contribution in [2.45, 2.75) is 45.1 Å². The van der Waals surface area contributed by atoms with E-state index < -0.39 is 5.54 Å². The number of carbonyl (C=O) groups is 1. The maximum Gasteiger partial charge on any atom is 0.244 e. The molecule has 1 heterocycles. The molecule has 4 nitrogen and oxygen atoms in total.